The number of hydrogen-bond donors (Lipinski definition) is 1. The summed E-state index contributed by atoms with van der Waals surface area (Å²) in [6.45, 7) is 0.154. The second-order valence-corrected chi connectivity index (χ2v) is 10.7. The van der Waals surface area contributed by atoms with E-state index in [0.29, 0.717) is 40.0 Å². The summed E-state index contributed by atoms with van der Waals surface area (Å²) in [6.07, 6.45) is -6.07. The Kier molecular flexibility index (Phi) is 7.36. The van der Waals surface area contributed by atoms with Gasteiger partial charge in [0.25, 0.3) is 0 Å². The summed E-state index contributed by atoms with van der Waals surface area (Å²) < 4.78 is 42.8. The van der Waals surface area contributed by atoms with Crippen LogP contribution in [0, 0.1) is 0 Å². The van der Waals surface area contributed by atoms with Crippen LogP contribution >= 0.6 is 23.2 Å². The Labute approximate surface area is 235 Å². The molecule has 0 unspecified atom stereocenters. The zero-order valence-corrected chi connectivity index (χ0v) is 22.6. The van der Waals surface area contributed by atoms with Crippen LogP contribution in [0.1, 0.15) is 37.8 Å². The highest BCUT2D eigenvalue weighted by Crippen LogP contribution is 2.51. The summed E-state index contributed by atoms with van der Waals surface area (Å²) in [5.41, 5.74) is -0.580. The molecule has 1 aliphatic rings. The van der Waals surface area contributed by atoms with Gasteiger partial charge >= 0.3 is 11.9 Å². The lowest BCUT2D eigenvalue weighted by atomic mass is 9.99. The maximum atomic E-state index is 13.3. The number of nitrogens with zero attached hydrogens (tertiary/aromatic N) is 6. The smallest absolute Gasteiger partial charge is 0.382 e. The number of rotatable bonds is 9. The molecule has 9 nitrogen and oxygen atoms in total. The fourth-order valence-electron chi connectivity index (χ4n) is 4.59. The molecule has 2 aromatic carbocycles. The number of para-hydroxylation sites is 1. The second-order valence-electron chi connectivity index (χ2n) is 9.81. The molecule has 1 aliphatic carbocycles. The third-order valence-corrected chi connectivity index (χ3v) is 7.27. The summed E-state index contributed by atoms with van der Waals surface area (Å²) >= 11 is 12.4. The molecule has 4 aromatic rings. The van der Waals surface area contributed by atoms with E-state index in [9.17, 15) is 27.9 Å². The summed E-state index contributed by atoms with van der Waals surface area (Å²) in [7, 11) is 0. The Bertz CT molecular complexity index is 1620. The summed E-state index contributed by atoms with van der Waals surface area (Å²) in [4.78, 5) is 30.0. The standard InChI is InChI=1S/C26H23Cl2F3N6O3/c1-15(38)12-25(10-11-25)23-32-21(33-37(23)19-5-3-2-4-18(19)28)14-36-24(40)35(13-20(39)26(29,30)31)22(34-36)16-6-8-17(27)9-7-16/h2-9,20,39H,10-14H2,1H3/t20-/m0/s1. The van der Waals surface area contributed by atoms with Crippen molar-refractivity contribution in [3.8, 4) is 17.1 Å². The highest BCUT2D eigenvalue weighted by molar-refractivity contribution is 6.32. The predicted molar refractivity (Wildman–Crippen MR) is 141 cm³/mol. The molecule has 40 heavy (non-hydrogen) atoms. The average Bonchev–Trinajstić information content (AvgIpc) is 3.42. The van der Waals surface area contributed by atoms with Crippen molar-refractivity contribution >= 4 is 29.0 Å². The van der Waals surface area contributed by atoms with Crippen LogP contribution in [-0.2, 0) is 23.3 Å². The number of carbonyl (C=O) groups excluding carboxylic acids is 1. The van der Waals surface area contributed by atoms with Crippen LogP contribution in [-0.4, -0.2) is 52.3 Å². The van der Waals surface area contributed by atoms with Crippen molar-refractivity contribution in [3.63, 3.8) is 0 Å². The van der Waals surface area contributed by atoms with Crippen molar-refractivity contribution in [1.82, 2.24) is 29.1 Å². The van der Waals surface area contributed by atoms with E-state index < -0.39 is 29.9 Å². The van der Waals surface area contributed by atoms with Crippen LogP contribution in [0.15, 0.2) is 53.3 Å². The quantitative estimate of drug-likeness (QED) is 0.304. The van der Waals surface area contributed by atoms with E-state index in [4.69, 9.17) is 23.2 Å². The van der Waals surface area contributed by atoms with E-state index in [1.54, 1.807) is 28.9 Å². The van der Waals surface area contributed by atoms with Crippen molar-refractivity contribution in [2.75, 3.05) is 0 Å². The predicted octanol–water partition coefficient (Wildman–Crippen LogP) is 4.58. The van der Waals surface area contributed by atoms with Crippen molar-refractivity contribution in [1.29, 1.82) is 0 Å². The maximum absolute atomic E-state index is 13.3. The fourth-order valence-corrected chi connectivity index (χ4v) is 4.94. The normalized spacial score (nSPS) is 15.3. The monoisotopic (exact) mass is 594 g/mol. The molecule has 2 heterocycles. The highest BCUT2D eigenvalue weighted by atomic mass is 35.5. The van der Waals surface area contributed by atoms with Crippen LogP contribution < -0.4 is 5.69 Å². The maximum Gasteiger partial charge on any atom is 0.416 e. The fraction of sp³-hybridized carbons (Fsp3) is 0.346. The Balaban J connectivity index is 1.59. The number of aliphatic hydroxyl groups excluding tert-OH is 1. The van der Waals surface area contributed by atoms with Gasteiger partial charge < -0.3 is 5.11 Å². The van der Waals surface area contributed by atoms with Gasteiger partial charge in [-0.2, -0.15) is 13.2 Å². The van der Waals surface area contributed by atoms with Crippen LogP contribution in [0.2, 0.25) is 10.0 Å². The molecular formula is C26H23Cl2F3N6O3. The number of hydrogen-bond acceptors (Lipinski definition) is 6. The molecule has 0 spiro atoms. The van der Waals surface area contributed by atoms with Gasteiger partial charge in [-0.05, 0) is 56.2 Å². The van der Waals surface area contributed by atoms with E-state index in [1.807, 2.05) is 0 Å². The number of halogens is 5. The van der Waals surface area contributed by atoms with Crippen molar-refractivity contribution < 1.29 is 23.1 Å². The lowest BCUT2D eigenvalue weighted by Crippen LogP contribution is -2.37. The zero-order chi connectivity index (χ0) is 28.8. The van der Waals surface area contributed by atoms with Gasteiger partial charge in [-0.3, -0.25) is 9.36 Å². The lowest BCUT2D eigenvalue weighted by molar-refractivity contribution is -0.207. The first-order valence-electron chi connectivity index (χ1n) is 12.3. The Morgan fingerprint density at radius 1 is 1.10 bits per heavy atom. The second kappa shape index (κ2) is 10.5. The molecule has 5 rings (SSSR count). The van der Waals surface area contributed by atoms with Crippen molar-refractivity contribution in [2.24, 2.45) is 0 Å². The topological polar surface area (TPSA) is 108 Å². The molecule has 1 atom stereocenters. The molecule has 0 amide bonds. The van der Waals surface area contributed by atoms with Gasteiger partial charge in [0, 0.05) is 22.4 Å². The minimum absolute atomic E-state index is 0.0152. The SMILES string of the molecule is CC(=O)CC1(c2nc(Cn3nc(-c4ccc(Cl)cc4)n(C[C@H](O)C(F)(F)F)c3=O)nn2-c2ccccc2Cl)CC1. The first kappa shape index (κ1) is 28.1. The van der Waals surface area contributed by atoms with Crippen LogP contribution in [0.3, 0.4) is 0 Å². The van der Waals surface area contributed by atoms with Gasteiger partial charge in [0.2, 0.25) is 0 Å². The van der Waals surface area contributed by atoms with Gasteiger partial charge in [-0.1, -0.05) is 35.3 Å². The first-order chi connectivity index (χ1) is 18.9. The molecular weight excluding hydrogens is 572 g/mol. The van der Waals surface area contributed by atoms with Crippen molar-refractivity contribution in [2.45, 2.75) is 57.0 Å². The minimum Gasteiger partial charge on any atom is -0.382 e. The number of benzene rings is 2. The summed E-state index contributed by atoms with van der Waals surface area (Å²) in [6, 6.07) is 13.0. The van der Waals surface area contributed by atoms with Gasteiger partial charge in [-0.25, -0.2) is 19.1 Å². The number of ketones is 1. The number of aliphatic hydroxyl groups is 1. The first-order valence-corrected chi connectivity index (χ1v) is 13.0. The Morgan fingerprint density at radius 2 is 1.77 bits per heavy atom. The van der Waals surface area contributed by atoms with Gasteiger partial charge in [-0.15, -0.1) is 10.2 Å². The number of carbonyl (C=O) groups is 1. The molecule has 1 saturated carbocycles. The van der Waals surface area contributed by atoms with E-state index in [0.717, 1.165) is 9.25 Å². The highest BCUT2D eigenvalue weighted by Gasteiger charge is 2.49. The Hall–Kier alpha value is -3.48. The third kappa shape index (κ3) is 5.56. The van der Waals surface area contributed by atoms with Crippen LogP contribution in [0.4, 0.5) is 13.2 Å². The molecule has 0 radical (unpaired) electrons. The molecule has 2 aromatic heterocycles. The van der Waals surface area contributed by atoms with Gasteiger partial charge in [0.05, 0.1) is 17.3 Å². The molecule has 210 valence electrons. The van der Waals surface area contributed by atoms with Crippen LogP contribution in [0.5, 0.6) is 0 Å². The molecule has 0 saturated heterocycles. The molecule has 1 fully saturated rings. The number of aromatic nitrogens is 6. The minimum atomic E-state index is -4.95. The van der Waals surface area contributed by atoms with Crippen molar-refractivity contribution in [3.05, 3.63) is 80.7 Å². The van der Waals surface area contributed by atoms with E-state index in [1.165, 1.54) is 31.2 Å². The van der Waals surface area contributed by atoms with E-state index >= 15 is 0 Å². The third-order valence-electron chi connectivity index (χ3n) is 6.70. The molecule has 0 bridgehead atoms. The summed E-state index contributed by atoms with van der Waals surface area (Å²) in [5, 5.41) is 19.3. The van der Waals surface area contributed by atoms with E-state index in [2.05, 4.69) is 15.2 Å². The van der Waals surface area contributed by atoms with Gasteiger partial charge in [0.1, 0.15) is 18.2 Å². The molecule has 0 aliphatic heterocycles. The molecule has 14 heteroatoms. The number of Topliss-reactive ketones (excluding diaryl/α,β-unsaturated/α-hetero) is 1. The van der Waals surface area contributed by atoms with E-state index in [-0.39, 0.29) is 30.4 Å². The van der Waals surface area contributed by atoms with Gasteiger partial charge in [0.15, 0.2) is 17.8 Å². The summed E-state index contributed by atoms with van der Waals surface area (Å²) in [5.74, 6) is 0.545. The Morgan fingerprint density at radius 3 is 2.38 bits per heavy atom. The van der Waals surface area contributed by atoms with Crippen LogP contribution in [0.25, 0.3) is 17.1 Å². The zero-order valence-electron chi connectivity index (χ0n) is 21.1. The average molecular weight is 595 g/mol. The number of alkyl halides is 3. The lowest BCUT2D eigenvalue weighted by Gasteiger charge is -2.15. The largest absolute Gasteiger partial charge is 0.416 e. The molecule has 1 N–H and O–H groups in total.